The van der Waals surface area contributed by atoms with E-state index in [0.717, 1.165) is 18.4 Å². The second-order valence-corrected chi connectivity index (χ2v) is 12.0. The molecule has 9 heteroatoms. The monoisotopic (exact) mass is 563 g/mol. The summed E-state index contributed by atoms with van der Waals surface area (Å²) in [6, 6.07) is 8.07. The molecule has 4 unspecified atom stereocenters. The minimum Gasteiger partial charge on any atom is -0.394 e. The highest BCUT2D eigenvalue weighted by molar-refractivity contribution is 9.09. The normalized spacial score (nSPS) is 32.5. The van der Waals surface area contributed by atoms with Gasteiger partial charge in [0.1, 0.15) is 11.6 Å². The molecule has 3 aliphatic heterocycles. The van der Waals surface area contributed by atoms with Gasteiger partial charge in [0, 0.05) is 17.4 Å². The van der Waals surface area contributed by atoms with Gasteiger partial charge in [-0.3, -0.25) is 14.4 Å². The van der Waals surface area contributed by atoms with E-state index in [1.165, 1.54) is 4.90 Å². The van der Waals surface area contributed by atoms with Crippen LogP contribution in [0, 0.1) is 17.8 Å². The molecule has 3 saturated heterocycles. The van der Waals surface area contributed by atoms with E-state index in [9.17, 15) is 19.5 Å². The van der Waals surface area contributed by atoms with Crippen molar-refractivity contribution in [3.05, 3.63) is 35.9 Å². The summed E-state index contributed by atoms with van der Waals surface area (Å²) in [5.74, 6) is -2.40. The number of alkyl halides is 1. The number of carbonyl (C=O) groups excluding carboxylic acids is 3. The number of hydrogen-bond acceptors (Lipinski definition) is 5. The summed E-state index contributed by atoms with van der Waals surface area (Å²) in [7, 11) is 0. The quantitative estimate of drug-likeness (QED) is 0.379. The number of nitrogens with zero attached hydrogens (tertiary/aromatic N) is 1. The highest BCUT2D eigenvalue weighted by atomic mass is 79.9. The standard InChI is InChI=1S/C27H38BrN3O5/c1-5-9-16(4)30-25(34)23-27-12-18(28)22(36-27)20(24(33)29-13-17-10-7-6-8-11-17)21(27)26(35)31(23)19(14-32)15(2)3/h6-8,10-11,15-16,18-23,32H,5,9,12-14H2,1-4H3,(H,29,33)(H,30,34)/t16?,18?,19-,20-,21-,22-,23?,27?/m0/s1. The highest BCUT2D eigenvalue weighted by Gasteiger charge is 2.77. The zero-order chi connectivity index (χ0) is 26.2. The lowest BCUT2D eigenvalue weighted by molar-refractivity contribution is -0.147. The molecule has 3 amide bonds. The van der Waals surface area contributed by atoms with Crippen molar-refractivity contribution in [2.24, 2.45) is 17.8 Å². The number of nitrogens with one attached hydrogen (secondary N) is 2. The number of hydrogen-bond donors (Lipinski definition) is 3. The molecule has 3 heterocycles. The fourth-order valence-corrected chi connectivity index (χ4v) is 7.32. The lowest BCUT2D eigenvalue weighted by atomic mass is 9.70. The Labute approximate surface area is 221 Å². The van der Waals surface area contributed by atoms with E-state index in [2.05, 4.69) is 33.5 Å². The summed E-state index contributed by atoms with van der Waals surface area (Å²) >= 11 is 3.69. The van der Waals surface area contributed by atoms with Crippen LogP contribution in [0.1, 0.15) is 52.5 Å². The number of likely N-dealkylation sites (tertiary alicyclic amines) is 1. The van der Waals surface area contributed by atoms with Gasteiger partial charge in [0.25, 0.3) is 0 Å². The molecule has 4 rings (SSSR count). The predicted octanol–water partition coefficient (Wildman–Crippen LogP) is 2.37. The molecule has 2 bridgehead atoms. The summed E-state index contributed by atoms with van der Waals surface area (Å²) in [6.45, 7) is 7.92. The Morgan fingerprint density at radius 1 is 1.22 bits per heavy atom. The number of aliphatic hydroxyl groups is 1. The van der Waals surface area contributed by atoms with Crippen molar-refractivity contribution in [2.45, 2.75) is 88.2 Å². The number of aliphatic hydroxyl groups excluding tert-OH is 1. The van der Waals surface area contributed by atoms with Gasteiger partial charge < -0.3 is 25.4 Å². The molecule has 1 aromatic carbocycles. The van der Waals surface area contributed by atoms with Crippen LogP contribution in [0.3, 0.4) is 0 Å². The summed E-state index contributed by atoms with van der Waals surface area (Å²) in [6.07, 6.45) is 1.67. The number of halogens is 1. The zero-order valence-electron chi connectivity index (χ0n) is 21.4. The molecule has 0 aromatic heterocycles. The molecular weight excluding hydrogens is 526 g/mol. The largest absolute Gasteiger partial charge is 0.394 e. The number of ether oxygens (including phenoxy) is 1. The average Bonchev–Trinajstić information content (AvgIpc) is 3.42. The Morgan fingerprint density at radius 3 is 2.53 bits per heavy atom. The summed E-state index contributed by atoms with van der Waals surface area (Å²) in [5.41, 5.74) is -0.162. The minimum atomic E-state index is -1.12. The molecule has 1 aromatic rings. The third kappa shape index (κ3) is 4.58. The molecule has 198 valence electrons. The molecule has 8 nitrogen and oxygen atoms in total. The molecule has 0 radical (unpaired) electrons. The van der Waals surface area contributed by atoms with Crippen LogP contribution < -0.4 is 10.6 Å². The molecule has 36 heavy (non-hydrogen) atoms. The summed E-state index contributed by atoms with van der Waals surface area (Å²) in [5, 5.41) is 16.3. The predicted molar refractivity (Wildman–Crippen MR) is 139 cm³/mol. The van der Waals surface area contributed by atoms with Gasteiger partial charge in [-0.1, -0.05) is 73.5 Å². The summed E-state index contributed by atoms with van der Waals surface area (Å²) < 4.78 is 6.52. The van der Waals surface area contributed by atoms with Crippen molar-refractivity contribution in [3.8, 4) is 0 Å². The molecule has 3 fully saturated rings. The van der Waals surface area contributed by atoms with Gasteiger partial charge in [-0.2, -0.15) is 0 Å². The van der Waals surface area contributed by atoms with Gasteiger partial charge in [0.2, 0.25) is 17.7 Å². The Balaban J connectivity index is 1.68. The molecule has 3 N–H and O–H groups in total. The maximum absolute atomic E-state index is 14.1. The maximum atomic E-state index is 14.1. The van der Waals surface area contributed by atoms with Gasteiger partial charge in [-0.25, -0.2) is 0 Å². The Morgan fingerprint density at radius 2 is 1.92 bits per heavy atom. The fourth-order valence-electron chi connectivity index (χ4n) is 6.37. The van der Waals surface area contributed by atoms with Crippen molar-refractivity contribution < 1.29 is 24.2 Å². The molecule has 0 saturated carbocycles. The van der Waals surface area contributed by atoms with Crippen LogP contribution in [0.4, 0.5) is 0 Å². The number of amides is 3. The van der Waals surface area contributed by atoms with Crippen molar-refractivity contribution in [2.75, 3.05) is 6.61 Å². The molecule has 8 atom stereocenters. The lowest BCUT2D eigenvalue weighted by Crippen LogP contribution is -2.60. The van der Waals surface area contributed by atoms with Gasteiger partial charge in [0.15, 0.2) is 0 Å². The first kappa shape index (κ1) is 27.1. The second-order valence-electron chi connectivity index (χ2n) is 10.8. The van der Waals surface area contributed by atoms with Gasteiger partial charge in [0.05, 0.1) is 30.6 Å². The zero-order valence-corrected chi connectivity index (χ0v) is 23.0. The average molecular weight is 565 g/mol. The van der Waals surface area contributed by atoms with E-state index in [0.29, 0.717) is 13.0 Å². The van der Waals surface area contributed by atoms with Crippen molar-refractivity contribution in [1.82, 2.24) is 15.5 Å². The van der Waals surface area contributed by atoms with Gasteiger partial charge >= 0.3 is 0 Å². The van der Waals surface area contributed by atoms with Crippen LogP contribution in [-0.4, -0.2) is 69.0 Å². The number of benzene rings is 1. The van der Waals surface area contributed by atoms with Gasteiger partial charge in [-0.15, -0.1) is 0 Å². The van der Waals surface area contributed by atoms with E-state index in [-0.39, 0.29) is 41.1 Å². The van der Waals surface area contributed by atoms with E-state index >= 15 is 0 Å². The van der Waals surface area contributed by atoms with Crippen molar-refractivity contribution in [3.63, 3.8) is 0 Å². The molecule has 1 spiro atoms. The van der Waals surface area contributed by atoms with Crippen LogP contribution in [-0.2, 0) is 25.7 Å². The van der Waals surface area contributed by atoms with Gasteiger partial charge in [-0.05, 0) is 31.2 Å². The maximum Gasteiger partial charge on any atom is 0.246 e. The van der Waals surface area contributed by atoms with Crippen molar-refractivity contribution in [1.29, 1.82) is 0 Å². The van der Waals surface area contributed by atoms with E-state index in [1.807, 2.05) is 51.1 Å². The topological polar surface area (TPSA) is 108 Å². The van der Waals surface area contributed by atoms with Crippen LogP contribution in [0.25, 0.3) is 0 Å². The first-order valence-electron chi connectivity index (χ1n) is 13.0. The van der Waals surface area contributed by atoms with E-state index in [1.54, 1.807) is 0 Å². The Hall–Kier alpha value is -1.97. The van der Waals surface area contributed by atoms with Crippen LogP contribution in [0.5, 0.6) is 0 Å². The molecular formula is C27H38BrN3O5. The molecule has 3 aliphatic rings. The third-order valence-electron chi connectivity index (χ3n) is 8.01. The smallest absolute Gasteiger partial charge is 0.246 e. The van der Waals surface area contributed by atoms with Crippen molar-refractivity contribution >= 4 is 33.7 Å². The van der Waals surface area contributed by atoms with E-state index in [4.69, 9.17) is 4.74 Å². The Kier molecular flexibility index (Phi) is 8.12. The molecule has 0 aliphatic carbocycles. The number of carbonyl (C=O) groups is 3. The van der Waals surface area contributed by atoms with Crippen LogP contribution in [0.2, 0.25) is 0 Å². The van der Waals surface area contributed by atoms with Crippen LogP contribution >= 0.6 is 15.9 Å². The number of fused-ring (bicyclic) bond motifs is 1. The lowest BCUT2D eigenvalue weighted by Gasteiger charge is -2.38. The third-order valence-corrected chi connectivity index (χ3v) is 8.86. The minimum absolute atomic E-state index is 0.0649. The number of rotatable bonds is 10. The second kappa shape index (κ2) is 10.8. The first-order chi connectivity index (χ1) is 17.2. The first-order valence-corrected chi connectivity index (χ1v) is 13.9. The van der Waals surface area contributed by atoms with Crippen LogP contribution in [0.15, 0.2) is 30.3 Å². The highest BCUT2D eigenvalue weighted by Crippen LogP contribution is 2.60. The van der Waals surface area contributed by atoms with E-state index < -0.39 is 35.6 Å². The summed E-state index contributed by atoms with van der Waals surface area (Å²) in [4.78, 5) is 42.7. The SMILES string of the molecule is CCCC(C)NC(=O)C1N([C@@H](CO)C(C)C)C(=O)[C@@H]2[C@H](C(=O)NCc3ccccc3)[C@H]3OC12CC3Br. The fraction of sp³-hybridized carbons (Fsp3) is 0.667. The Bertz CT molecular complexity index is 975.